The predicted octanol–water partition coefficient (Wildman–Crippen LogP) is 0.209. The number of sulfone groups is 1. The van der Waals surface area contributed by atoms with Crippen LogP contribution >= 0.6 is 0 Å². The van der Waals surface area contributed by atoms with Crippen molar-refractivity contribution in [2.75, 3.05) is 25.2 Å². The molecular formula is C9H18O4S. The van der Waals surface area contributed by atoms with E-state index < -0.39 is 15.9 Å². The Morgan fingerprint density at radius 2 is 2.29 bits per heavy atom. The zero-order valence-electron chi connectivity index (χ0n) is 8.48. The fourth-order valence-electron chi connectivity index (χ4n) is 1.62. The number of hydrogen-bond donors (Lipinski definition) is 1. The highest BCUT2D eigenvalue weighted by molar-refractivity contribution is 7.90. The van der Waals surface area contributed by atoms with Gasteiger partial charge in [0.2, 0.25) is 0 Å². The summed E-state index contributed by atoms with van der Waals surface area (Å²) in [6, 6.07) is 0. The number of hydrogen-bond acceptors (Lipinski definition) is 4. The highest BCUT2D eigenvalue weighted by atomic mass is 32.2. The Morgan fingerprint density at radius 3 is 2.79 bits per heavy atom. The van der Waals surface area contributed by atoms with Crippen LogP contribution in [0.5, 0.6) is 0 Å². The van der Waals surface area contributed by atoms with Gasteiger partial charge in [-0.15, -0.1) is 0 Å². The molecule has 1 N–H and O–H groups in total. The predicted molar refractivity (Wildman–Crippen MR) is 53.9 cm³/mol. The summed E-state index contributed by atoms with van der Waals surface area (Å²) in [5.74, 6) is 0.478. The summed E-state index contributed by atoms with van der Waals surface area (Å²) in [4.78, 5) is 0. The summed E-state index contributed by atoms with van der Waals surface area (Å²) in [7, 11) is -2.94. The van der Waals surface area contributed by atoms with E-state index in [0.717, 1.165) is 13.0 Å². The third kappa shape index (κ3) is 4.93. The van der Waals surface area contributed by atoms with Gasteiger partial charge in [-0.25, -0.2) is 8.42 Å². The first-order chi connectivity index (χ1) is 6.47. The lowest BCUT2D eigenvalue weighted by atomic mass is 10.00. The van der Waals surface area contributed by atoms with E-state index in [-0.39, 0.29) is 5.75 Å². The molecule has 5 heteroatoms. The number of aliphatic hydroxyl groups excluding tert-OH is 1. The molecule has 0 aromatic rings. The zero-order valence-corrected chi connectivity index (χ0v) is 9.29. The van der Waals surface area contributed by atoms with Crippen LogP contribution in [0, 0.1) is 5.92 Å². The molecule has 1 rings (SSSR count). The van der Waals surface area contributed by atoms with E-state index in [1.807, 2.05) is 0 Å². The molecule has 1 heterocycles. The Morgan fingerprint density at radius 1 is 1.57 bits per heavy atom. The van der Waals surface area contributed by atoms with Crippen molar-refractivity contribution in [3.63, 3.8) is 0 Å². The average Bonchev–Trinajstić information content (AvgIpc) is 2.52. The van der Waals surface area contributed by atoms with Crippen molar-refractivity contribution in [3.8, 4) is 0 Å². The number of rotatable bonds is 5. The minimum Gasteiger partial charge on any atom is -0.393 e. The van der Waals surface area contributed by atoms with Crippen LogP contribution in [0.15, 0.2) is 0 Å². The largest absolute Gasteiger partial charge is 0.393 e. The Labute approximate surface area is 85.2 Å². The maximum Gasteiger partial charge on any atom is 0.147 e. The van der Waals surface area contributed by atoms with Crippen LogP contribution in [-0.2, 0) is 14.6 Å². The van der Waals surface area contributed by atoms with Gasteiger partial charge in [0.15, 0.2) is 0 Å². The first-order valence-electron chi connectivity index (χ1n) is 4.91. The average molecular weight is 222 g/mol. The van der Waals surface area contributed by atoms with Gasteiger partial charge in [-0.2, -0.15) is 0 Å². The smallest absolute Gasteiger partial charge is 0.147 e. The van der Waals surface area contributed by atoms with Crippen LogP contribution in [0.25, 0.3) is 0 Å². The summed E-state index contributed by atoms with van der Waals surface area (Å²) in [5.41, 5.74) is 0. The third-order valence-corrected chi connectivity index (χ3v) is 3.43. The molecule has 0 radical (unpaired) electrons. The summed E-state index contributed by atoms with van der Waals surface area (Å²) in [6.45, 7) is 1.47. The second-order valence-corrected chi connectivity index (χ2v) is 6.30. The van der Waals surface area contributed by atoms with Crippen molar-refractivity contribution in [1.82, 2.24) is 0 Å². The van der Waals surface area contributed by atoms with Crippen molar-refractivity contribution >= 4 is 9.84 Å². The maximum atomic E-state index is 10.8. The van der Waals surface area contributed by atoms with Crippen molar-refractivity contribution in [1.29, 1.82) is 0 Å². The molecule has 2 atom stereocenters. The van der Waals surface area contributed by atoms with E-state index in [2.05, 4.69) is 0 Å². The van der Waals surface area contributed by atoms with Crippen LogP contribution in [0.4, 0.5) is 0 Å². The highest BCUT2D eigenvalue weighted by Gasteiger charge is 2.20. The monoisotopic (exact) mass is 222 g/mol. The molecule has 14 heavy (non-hydrogen) atoms. The molecule has 1 saturated heterocycles. The third-order valence-electron chi connectivity index (χ3n) is 2.45. The molecule has 2 unspecified atom stereocenters. The van der Waals surface area contributed by atoms with E-state index >= 15 is 0 Å². The fourth-order valence-corrected chi connectivity index (χ4v) is 2.32. The molecule has 4 nitrogen and oxygen atoms in total. The van der Waals surface area contributed by atoms with Crippen molar-refractivity contribution in [3.05, 3.63) is 0 Å². The highest BCUT2D eigenvalue weighted by Crippen LogP contribution is 2.19. The Kier molecular flexibility index (Phi) is 4.34. The van der Waals surface area contributed by atoms with E-state index in [1.165, 1.54) is 6.26 Å². The normalized spacial score (nSPS) is 25.1. The summed E-state index contributed by atoms with van der Waals surface area (Å²) < 4.78 is 26.8. The first-order valence-corrected chi connectivity index (χ1v) is 6.97. The van der Waals surface area contributed by atoms with E-state index in [0.29, 0.717) is 25.4 Å². The van der Waals surface area contributed by atoms with Crippen LogP contribution in [0.2, 0.25) is 0 Å². The molecular weight excluding hydrogens is 204 g/mol. The standard InChI is InChI=1S/C9H18O4S/c1-14(11,12)5-3-9(10)6-8-2-4-13-7-8/h8-10H,2-7H2,1H3. The second kappa shape index (κ2) is 5.09. The van der Waals surface area contributed by atoms with Gasteiger partial charge in [0, 0.05) is 19.5 Å². The van der Waals surface area contributed by atoms with Gasteiger partial charge in [0.1, 0.15) is 9.84 Å². The lowest BCUT2D eigenvalue weighted by molar-refractivity contribution is 0.126. The summed E-state index contributed by atoms with van der Waals surface area (Å²) in [6.07, 6.45) is 2.68. The Balaban J connectivity index is 2.18. The van der Waals surface area contributed by atoms with Crippen molar-refractivity contribution in [2.45, 2.75) is 25.4 Å². The van der Waals surface area contributed by atoms with Crippen LogP contribution in [-0.4, -0.2) is 44.9 Å². The minimum absolute atomic E-state index is 0.0712. The lowest BCUT2D eigenvalue weighted by Crippen LogP contribution is -2.17. The van der Waals surface area contributed by atoms with E-state index in [9.17, 15) is 13.5 Å². The second-order valence-electron chi connectivity index (χ2n) is 4.04. The van der Waals surface area contributed by atoms with Crippen molar-refractivity contribution < 1.29 is 18.3 Å². The van der Waals surface area contributed by atoms with Gasteiger partial charge < -0.3 is 9.84 Å². The minimum atomic E-state index is -2.94. The number of aliphatic hydroxyl groups is 1. The van der Waals surface area contributed by atoms with Gasteiger partial charge >= 0.3 is 0 Å². The molecule has 0 saturated carbocycles. The summed E-state index contributed by atoms with van der Waals surface area (Å²) >= 11 is 0. The molecule has 84 valence electrons. The van der Waals surface area contributed by atoms with Crippen LogP contribution in [0.1, 0.15) is 19.3 Å². The molecule has 0 bridgehead atoms. The van der Waals surface area contributed by atoms with Gasteiger partial charge in [0.25, 0.3) is 0 Å². The molecule has 0 aliphatic carbocycles. The quantitative estimate of drug-likeness (QED) is 0.722. The van der Waals surface area contributed by atoms with Gasteiger partial charge in [-0.3, -0.25) is 0 Å². The van der Waals surface area contributed by atoms with Crippen LogP contribution in [0.3, 0.4) is 0 Å². The van der Waals surface area contributed by atoms with Gasteiger partial charge in [-0.1, -0.05) is 0 Å². The number of ether oxygens (including phenoxy) is 1. The molecule has 1 aliphatic rings. The molecule has 0 spiro atoms. The Hall–Kier alpha value is -0.130. The molecule has 0 aromatic carbocycles. The fraction of sp³-hybridized carbons (Fsp3) is 1.00. The lowest BCUT2D eigenvalue weighted by Gasteiger charge is -2.13. The molecule has 0 aromatic heterocycles. The van der Waals surface area contributed by atoms with Gasteiger partial charge in [0.05, 0.1) is 11.9 Å². The zero-order chi connectivity index (χ0) is 10.6. The molecule has 0 amide bonds. The molecule has 1 fully saturated rings. The first kappa shape index (κ1) is 11.9. The summed E-state index contributed by atoms with van der Waals surface area (Å²) in [5, 5.41) is 9.55. The van der Waals surface area contributed by atoms with Crippen molar-refractivity contribution in [2.24, 2.45) is 5.92 Å². The SMILES string of the molecule is CS(=O)(=O)CCC(O)CC1CCOC1. The topological polar surface area (TPSA) is 63.6 Å². The molecule has 1 aliphatic heterocycles. The van der Waals surface area contributed by atoms with Gasteiger partial charge in [-0.05, 0) is 25.2 Å². The Bertz CT molecular complexity index is 254. The van der Waals surface area contributed by atoms with E-state index in [4.69, 9.17) is 4.74 Å². The van der Waals surface area contributed by atoms with Crippen LogP contribution < -0.4 is 0 Å². The maximum absolute atomic E-state index is 10.8. The van der Waals surface area contributed by atoms with E-state index in [1.54, 1.807) is 0 Å².